The predicted octanol–water partition coefficient (Wildman–Crippen LogP) is 2.15. The molecule has 1 aromatic rings. The Kier molecular flexibility index (Phi) is 3.63. The van der Waals surface area contributed by atoms with Gasteiger partial charge in [0, 0.05) is 0 Å². The van der Waals surface area contributed by atoms with Gasteiger partial charge in [-0.15, -0.1) is 0 Å². The summed E-state index contributed by atoms with van der Waals surface area (Å²) in [6.45, 7) is 0. The quantitative estimate of drug-likeness (QED) is 0.811. The molecule has 0 aliphatic rings. The van der Waals surface area contributed by atoms with Crippen LogP contribution >= 0.6 is 15.9 Å². The lowest BCUT2D eigenvalue weighted by Crippen LogP contribution is -2.11. The number of phenols is 1. The molecular weight excluding hydrogens is 267 g/mol. The Balaban J connectivity index is 3.00. The Morgan fingerprint density at radius 1 is 1.67 bits per heavy atom. The van der Waals surface area contributed by atoms with Crippen LogP contribution in [0.2, 0.25) is 0 Å². The van der Waals surface area contributed by atoms with E-state index in [9.17, 15) is 14.3 Å². The number of nitriles is 1. The van der Waals surface area contributed by atoms with Crippen molar-refractivity contribution < 1.29 is 14.3 Å². The molecule has 0 spiro atoms. The third kappa shape index (κ3) is 2.67. The van der Waals surface area contributed by atoms with Gasteiger partial charge >= 0.3 is 0 Å². The number of phenolic OH excluding ortho intramolecular Hbond substituents is 1. The average Bonchev–Trinajstić information content (AvgIpc) is 2.19. The molecule has 2 N–H and O–H groups in total. The van der Waals surface area contributed by atoms with E-state index in [4.69, 9.17) is 5.26 Å². The van der Waals surface area contributed by atoms with Crippen LogP contribution in [0.3, 0.4) is 0 Å². The molecule has 1 rings (SSSR count). The summed E-state index contributed by atoms with van der Waals surface area (Å²) in [5.41, 5.74) is -0.329. The van der Waals surface area contributed by atoms with Gasteiger partial charge in [0.05, 0.1) is 10.5 Å². The van der Waals surface area contributed by atoms with Gasteiger partial charge in [-0.25, -0.2) is 4.39 Å². The second-order valence-electron chi connectivity index (χ2n) is 2.64. The van der Waals surface area contributed by atoms with Crippen LogP contribution in [0.1, 0.15) is 6.42 Å². The normalized spacial score (nSPS) is 9.40. The maximum atomic E-state index is 13.2. The molecule has 0 aliphatic carbocycles. The standard InChI is InChI=1S/C9H6BrFN2O2/c10-5-1-2-6(11)8(9(5)15)13-7(14)3-4-12/h1-2,15H,3H2,(H,13,14). The first-order valence-corrected chi connectivity index (χ1v) is 4.69. The number of rotatable bonds is 2. The molecule has 0 aliphatic heterocycles. The van der Waals surface area contributed by atoms with Gasteiger partial charge in [0.25, 0.3) is 0 Å². The Morgan fingerprint density at radius 2 is 2.33 bits per heavy atom. The van der Waals surface area contributed by atoms with Crippen LogP contribution in [0.25, 0.3) is 0 Å². The Hall–Kier alpha value is -1.61. The third-order valence-corrected chi connectivity index (χ3v) is 2.22. The van der Waals surface area contributed by atoms with Crippen LogP contribution in [-0.2, 0) is 4.79 Å². The molecule has 0 fully saturated rings. The molecule has 0 atom stereocenters. The molecule has 0 saturated carbocycles. The molecule has 78 valence electrons. The van der Waals surface area contributed by atoms with Gasteiger partial charge in [0.1, 0.15) is 12.1 Å². The van der Waals surface area contributed by atoms with Gasteiger partial charge in [-0.2, -0.15) is 5.26 Å². The fourth-order valence-corrected chi connectivity index (χ4v) is 1.25. The highest BCUT2D eigenvalue weighted by atomic mass is 79.9. The lowest BCUT2D eigenvalue weighted by atomic mass is 10.2. The zero-order valence-corrected chi connectivity index (χ0v) is 9.01. The zero-order chi connectivity index (χ0) is 11.4. The fraction of sp³-hybridized carbons (Fsp3) is 0.111. The van der Waals surface area contributed by atoms with Crippen molar-refractivity contribution in [3.05, 3.63) is 22.4 Å². The molecule has 1 amide bonds. The molecule has 6 heteroatoms. The van der Waals surface area contributed by atoms with Crippen molar-refractivity contribution in [1.82, 2.24) is 0 Å². The third-order valence-electron chi connectivity index (χ3n) is 1.58. The summed E-state index contributed by atoms with van der Waals surface area (Å²) in [6, 6.07) is 4.01. The summed E-state index contributed by atoms with van der Waals surface area (Å²) < 4.78 is 13.4. The Labute approximate surface area is 93.5 Å². The van der Waals surface area contributed by atoms with Gasteiger partial charge in [-0.3, -0.25) is 4.79 Å². The highest BCUT2D eigenvalue weighted by Gasteiger charge is 2.13. The topological polar surface area (TPSA) is 73.1 Å². The van der Waals surface area contributed by atoms with Gasteiger partial charge < -0.3 is 10.4 Å². The SMILES string of the molecule is N#CCC(=O)Nc1c(F)ccc(Br)c1O. The monoisotopic (exact) mass is 272 g/mol. The largest absolute Gasteiger partial charge is 0.505 e. The predicted molar refractivity (Wildman–Crippen MR) is 54.6 cm³/mol. The first-order valence-electron chi connectivity index (χ1n) is 3.90. The summed E-state index contributed by atoms with van der Waals surface area (Å²) in [5, 5.41) is 19.7. The summed E-state index contributed by atoms with van der Waals surface area (Å²) >= 11 is 2.98. The number of nitrogens with zero attached hydrogens (tertiary/aromatic N) is 1. The lowest BCUT2D eigenvalue weighted by Gasteiger charge is -2.07. The number of hydrogen-bond acceptors (Lipinski definition) is 3. The number of carbonyl (C=O) groups is 1. The van der Waals surface area contributed by atoms with E-state index in [1.165, 1.54) is 6.07 Å². The zero-order valence-electron chi connectivity index (χ0n) is 7.42. The van der Waals surface area contributed by atoms with Crippen LogP contribution in [0.5, 0.6) is 5.75 Å². The van der Waals surface area contributed by atoms with Crippen molar-refractivity contribution in [2.45, 2.75) is 6.42 Å². The van der Waals surface area contributed by atoms with Crippen LogP contribution in [-0.4, -0.2) is 11.0 Å². The molecule has 0 radical (unpaired) electrons. The second-order valence-corrected chi connectivity index (χ2v) is 3.49. The maximum absolute atomic E-state index is 13.2. The first-order chi connectivity index (χ1) is 7.06. The van der Waals surface area contributed by atoms with E-state index in [1.54, 1.807) is 6.07 Å². The smallest absolute Gasteiger partial charge is 0.238 e. The summed E-state index contributed by atoms with van der Waals surface area (Å²) in [5.74, 6) is -1.84. The minimum atomic E-state index is -0.762. The first kappa shape index (κ1) is 11.5. The molecule has 0 saturated heterocycles. The van der Waals surface area contributed by atoms with E-state index < -0.39 is 23.9 Å². The van der Waals surface area contributed by atoms with Crippen molar-refractivity contribution >= 4 is 27.5 Å². The van der Waals surface area contributed by atoms with E-state index in [1.807, 2.05) is 0 Å². The number of benzene rings is 1. The average molecular weight is 273 g/mol. The number of hydrogen-bond donors (Lipinski definition) is 2. The highest BCUT2D eigenvalue weighted by molar-refractivity contribution is 9.10. The van der Waals surface area contributed by atoms with Crippen LogP contribution < -0.4 is 5.32 Å². The van der Waals surface area contributed by atoms with Gasteiger partial charge in [-0.05, 0) is 28.1 Å². The van der Waals surface area contributed by atoms with Gasteiger partial charge in [0.2, 0.25) is 5.91 Å². The van der Waals surface area contributed by atoms with E-state index in [-0.39, 0.29) is 10.2 Å². The number of anilines is 1. The number of nitrogens with one attached hydrogen (secondary N) is 1. The highest BCUT2D eigenvalue weighted by Crippen LogP contribution is 2.34. The van der Waals surface area contributed by atoms with Crippen molar-refractivity contribution in [2.24, 2.45) is 0 Å². The van der Waals surface area contributed by atoms with Crippen molar-refractivity contribution in [3.63, 3.8) is 0 Å². The number of amides is 1. The van der Waals surface area contributed by atoms with E-state index in [2.05, 4.69) is 21.2 Å². The number of aromatic hydroxyl groups is 1. The fourth-order valence-electron chi connectivity index (χ4n) is 0.915. The van der Waals surface area contributed by atoms with Crippen LogP contribution in [0.15, 0.2) is 16.6 Å². The molecule has 0 aromatic heterocycles. The Bertz CT molecular complexity index is 442. The molecule has 0 unspecified atom stereocenters. The molecule has 0 bridgehead atoms. The summed E-state index contributed by atoms with van der Waals surface area (Å²) in [4.78, 5) is 11.0. The summed E-state index contributed by atoms with van der Waals surface area (Å²) in [7, 11) is 0. The Morgan fingerprint density at radius 3 is 2.93 bits per heavy atom. The van der Waals surface area contributed by atoms with Gasteiger partial charge in [0.15, 0.2) is 11.6 Å². The molecule has 1 aromatic carbocycles. The van der Waals surface area contributed by atoms with Crippen molar-refractivity contribution in [2.75, 3.05) is 5.32 Å². The van der Waals surface area contributed by atoms with E-state index in [0.29, 0.717) is 0 Å². The minimum Gasteiger partial charge on any atom is -0.505 e. The summed E-state index contributed by atoms with van der Waals surface area (Å²) in [6.07, 6.45) is -0.397. The minimum absolute atomic E-state index is 0.260. The van der Waals surface area contributed by atoms with Crippen molar-refractivity contribution in [1.29, 1.82) is 5.26 Å². The van der Waals surface area contributed by atoms with E-state index in [0.717, 1.165) is 6.07 Å². The van der Waals surface area contributed by atoms with Gasteiger partial charge in [-0.1, -0.05) is 0 Å². The van der Waals surface area contributed by atoms with Crippen LogP contribution in [0.4, 0.5) is 10.1 Å². The lowest BCUT2D eigenvalue weighted by molar-refractivity contribution is -0.115. The molecule has 4 nitrogen and oxygen atoms in total. The number of carbonyl (C=O) groups excluding carboxylic acids is 1. The van der Waals surface area contributed by atoms with Crippen LogP contribution in [0, 0.1) is 17.1 Å². The molecular formula is C9H6BrFN2O2. The maximum Gasteiger partial charge on any atom is 0.238 e. The van der Waals surface area contributed by atoms with Crippen molar-refractivity contribution in [3.8, 4) is 11.8 Å². The number of halogens is 2. The van der Waals surface area contributed by atoms with E-state index >= 15 is 0 Å². The second kappa shape index (κ2) is 4.75. The molecule has 15 heavy (non-hydrogen) atoms. The molecule has 0 heterocycles.